The highest BCUT2D eigenvalue weighted by Crippen LogP contribution is 2.08. The molecule has 1 amide bonds. The fourth-order valence-corrected chi connectivity index (χ4v) is 2.32. The summed E-state index contributed by atoms with van der Waals surface area (Å²) in [7, 11) is 0. The third-order valence-electron chi connectivity index (χ3n) is 3.56. The quantitative estimate of drug-likeness (QED) is 0.725. The second kappa shape index (κ2) is 8.01. The molecule has 0 radical (unpaired) electrons. The molecule has 25 heavy (non-hydrogen) atoms. The summed E-state index contributed by atoms with van der Waals surface area (Å²) in [5.41, 5.74) is 3.13. The van der Waals surface area contributed by atoms with E-state index in [1.165, 1.54) is 0 Å². The molecule has 126 valence electrons. The van der Waals surface area contributed by atoms with Crippen LogP contribution < -0.4 is 10.6 Å². The molecule has 6 heteroatoms. The maximum atomic E-state index is 12.3. The zero-order valence-corrected chi connectivity index (χ0v) is 13.9. The Morgan fingerprint density at radius 1 is 1.00 bits per heavy atom. The minimum Gasteiger partial charge on any atom is -0.350 e. The molecule has 2 aromatic heterocycles. The largest absolute Gasteiger partial charge is 0.350 e. The Bertz CT molecular complexity index is 837. The second-order valence-electron chi connectivity index (χ2n) is 5.60. The van der Waals surface area contributed by atoms with Crippen LogP contribution in [0.25, 0.3) is 0 Å². The Morgan fingerprint density at radius 2 is 1.80 bits per heavy atom. The van der Waals surface area contributed by atoms with Gasteiger partial charge in [-0.25, -0.2) is 9.97 Å². The summed E-state index contributed by atoms with van der Waals surface area (Å²) in [6.45, 7) is 2.84. The molecule has 3 rings (SSSR count). The molecule has 0 saturated carbocycles. The van der Waals surface area contributed by atoms with Crippen LogP contribution in [0.1, 0.15) is 27.3 Å². The molecule has 0 bridgehead atoms. The van der Waals surface area contributed by atoms with Crippen LogP contribution in [-0.4, -0.2) is 20.9 Å². The lowest BCUT2D eigenvalue weighted by molar-refractivity contribution is 0.0945. The van der Waals surface area contributed by atoms with Crippen molar-refractivity contribution < 1.29 is 4.79 Å². The molecular weight excluding hydrogens is 314 g/mol. The minimum atomic E-state index is -0.239. The number of amides is 1. The van der Waals surface area contributed by atoms with Gasteiger partial charge in [0.2, 0.25) is 5.95 Å². The second-order valence-corrected chi connectivity index (χ2v) is 5.60. The summed E-state index contributed by atoms with van der Waals surface area (Å²) in [5.74, 6) is 0.201. The van der Waals surface area contributed by atoms with Gasteiger partial charge >= 0.3 is 0 Å². The van der Waals surface area contributed by atoms with Crippen LogP contribution in [0.4, 0.5) is 5.95 Å². The third kappa shape index (κ3) is 4.84. The highest BCUT2D eigenvalue weighted by atomic mass is 16.1. The van der Waals surface area contributed by atoms with Gasteiger partial charge in [0, 0.05) is 31.2 Å². The molecule has 2 N–H and O–H groups in total. The van der Waals surface area contributed by atoms with E-state index in [1.807, 2.05) is 49.4 Å². The van der Waals surface area contributed by atoms with Gasteiger partial charge in [0.05, 0.1) is 0 Å². The maximum Gasteiger partial charge on any atom is 0.270 e. The standard InChI is InChI=1S/C19H19N5O/c1-14-10-17(18(25)21-13-16-8-5-9-20-11-16)24-19(23-14)22-12-15-6-3-2-4-7-15/h2-11H,12-13H2,1H3,(H,21,25)(H,22,23,24). The van der Waals surface area contributed by atoms with Gasteiger partial charge in [-0.2, -0.15) is 0 Å². The Labute approximate surface area is 146 Å². The van der Waals surface area contributed by atoms with Crippen LogP contribution in [0.3, 0.4) is 0 Å². The molecule has 0 aliphatic rings. The summed E-state index contributed by atoms with van der Waals surface area (Å²) in [5, 5.41) is 6.01. The van der Waals surface area contributed by atoms with Crippen LogP contribution in [0.2, 0.25) is 0 Å². The van der Waals surface area contributed by atoms with Gasteiger partial charge in [0.25, 0.3) is 5.91 Å². The van der Waals surface area contributed by atoms with Gasteiger partial charge in [-0.15, -0.1) is 0 Å². The van der Waals surface area contributed by atoms with Crippen LogP contribution >= 0.6 is 0 Å². The van der Waals surface area contributed by atoms with Crippen LogP contribution in [-0.2, 0) is 13.1 Å². The van der Waals surface area contributed by atoms with E-state index in [0.717, 1.165) is 16.8 Å². The van der Waals surface area contributed by atoms with Crippen molar-refractivity contribution >= 4 is 11.9 Å². The molecule has 0 saturated heterocycles. The Kier molecular flexibility index (Phi) is 5.31. The molecule has 0 atom stereocenters. The number of benzene rings is 1. The minimum absolute atomic E-state index is 0.239. The third-order valence-corrected chi connectivity index (χ3v) is 3.56. The number of hydrogen-bond donors (Lipinski definition) is 2. The molecule has 0 spiro atoms. The molecular formula is C19H19N5O. The van der Waals surface area contributed by atoms with E-state index in [-0.39, 0.29) is 5.91 Å². The summed E-state index contributed by atoms with van der Waals surface area (Å²) in [6.07, 6.45) is 3.42. The molecule has 2 heterocycles. The average Bonchev–Trinajstić information content (AvgIpc) is 2.66. The van der Waals surface area contributed by atoms with Gasteiger partial charge < -0.3 is 10.6 Å². The fourth-order valence-electron chi connectivity index (χ4n) is 2.32. The lowest BCUT2D eigenvalue weighted by Crippen LogP contribution is -2.24. The van der Waals surface area contributed by atoms with Gasteiger partial charge in [0.15, 0.2) is 0 Å². The van der Waals surface area contributed by atoms with Gasteiger partial charge in [-0.05, 0) is 30.2 Å². The van der Waals surface area contributed by atoms with Crippen molar-refractivity contribution in [2.45, 2.75) is 20.0 Å². The zero-order valence-electron chi connectivity index (χ0n) is 13.9. The number of nitrogens with one attached hydrogen (secondary N) is 2. The topological polar surface area (TPSA) is 79.8 Å². The predicted molar refractivity (Wildman–Crippen MR) is 95.9 cm³/mol. The van der Waals surface area contributed by atoms with Crippen LogP contribution in [0.15, 0.2) is 60.9 Å². The number of carbonyl (C=O) groups excluding carboxylic acids is 1. The first-order valence-electron chi connectivity index (χ1n) is 8.01. The van der Waals surface area contributed by atoms with E-state index >= 15 is 0 Å². The van der Waals surface area contributed by atoms with Crippen molar-refractivity contribution in [2.75, 3.05) is 5.32 Å². The number of aromatic nitrogens is 3. The van der Waals surface area contributed by atoms with E-state index in [4.69, 9.17) is 0 Å². The smallest absolute Gasteiger partial charge is 0.270 e. The molecule has 3 aromatic rings. The van der Waals surface area contributed by atoms with E-state index in [1.54, 1.807) is 18.5 Å². The Hall–Kier alpha value is -3.28. The zero-order chi connectivity index (χ0) is 17.5. The summed E-state index contributed by atoms with van der Waals surface area (Å²) in [4.78, 5) is 25.0. The summed E-state index contributed by atoms with van der Waals surface area (Å²) < 4.78 is 0. The number of nitrogens with zero attached hydrogens (tertiary/aromatic N) is 3. The van der Waals surface area contributed by atoms with Gasteiger partial charge in [-0.3, -0.25) is 9.78 Å². The SMILES string of the molecule is Cc1cc(C(=O)NCc2cccnc2)nc(NCc2ccccc2)n1. The summed E-state index contributed by atoms with van der Waals surface area (Å²) >= 11 is 0. The summed E-state index contributed by atoms with van der Waals surface area (Å²) in [6, 6.07) is 15.4. The van der Waals surface area contributed by atoms with Crippen molar-refractivity contribution in [1.82, 2.24) is 20.3 Å². The van der Waals surface area contributed by atoms with E-state index in [2.05, 4.69) is 25.6 Å². The predicted octanol–water partition coefficient (Wildman–Crippen LogP) is 2.72. The fraction of sp³-hybridized carbons (Fsp3) is 0.158. The van der Waals surface area contributed by atoms with E-state index in [9.17, 15) is 4.79 Å². The molecule has 1 aromatic carbocycles. The highest BCUT2D eigenvalue weighted by Gasteiger charge is 2.10. The van der Waals surface area contributed by atoms with Crippen molar-refractivity contribution in [3.05, 3.63) is 83.4 Å². The number of pyridine rings is 1. The Morgan fingerprint density at radius 3 is 2.56 bits per heavy atom. The van der Waals surface area contributed by atoms with Gasteiger partial charge in [-0.1, -0.05) is 36.4 Å². The van der Waals surface area contributed by atoms with E-state index < -0.39 is 0 Å². The maximum absolute atomic E-state index is 12.3. The van der Waals surface area contributed by atoms with Crippen LogP contribution in [0.5, 0.6) is 0 Å². The van der Waals surface area contributed by atoms with Gasteiger partial charge in [0.1, 0.15) is 5.69 Å². The van der Waals surface area contributed by atoms with Crippen LogP contribution in [0, 0.1) is 6.92 Å². The molecule has 0 fully saturated rings. The van der Waals surface area contributed by atoms with Crippen molar-refractivity contribution in [3.8, 4) is 0 Å². The molecule has 6 nitrogen and oxygen atoms in total. The number of aryl methyl sites for hydroxylation is 1. The van der Waals surface area contributed by atoms with Crippen molar-refractivity contribution in [1.29, 1.82) is 0 Å². The average molecular weight is 333 g/mol. The molecule has 0 aliphatic heterocycles. The lowest BCUT2D eigenvalue weighted by atomic mass is 10.2. The van der Waals surface area contributed by atoms with Crippen molar-refractivity contribution in [2.24, 2.45) is 0 Å². The Balaban J connectivity index is 1.65. The van der Waals surface area contributed by atoms with Crippen molar-refractivity contribution in [3.63, 3.8) is 0 Å². The highest BCUT2D eigenvalue weighted by molar-refractivity contribution is 5.92. The number of hydrogen-bond acceptors (Lipinski definition) is 5. The number of anilines is 1. The molecule has 0 aliphatic carbocycles. The lowest BCUT2D eigenvalue weighted by Gasteiger charge is -2.09. The molecule has 0 unspecified atom stereocenters. The van der Waals surface area contributed by atoms with E-state index in [0.29, 0.717) is 24.7 Å². The first-order chi connectivity index (χ1) is 12.2. The first kappa shape index (κ1) is 16.6. The monoisotopic (exact) mass is 333 g/mol. The first-order valence-corrected chi connectivity index (χ1v) is 8.01. The number of carbonyl (C=O) groups is 1. The number of rotatable bonds is 6. The normalized spacial score (nSPS) is 10.3.